The molecule has 3 rings (SSSR count). The molecule has 0 bridgehead atoms. The van der Waals surface area contributed by atoms with Crippen molar-refractivity contribution in [1.29, 1.82) is 0 Å². The van der Waals surface area contributed by atoms with E-state index in [0.29, 0.717) is 19.3 Å². The summed E-state index contributed by atoms with van der Waals surface area (Å²) >= 11 is 0. The van der Waals surface area contributed by atoms with Crippen molar-refractivity contribution in [2.45, 2.75) is 38.1 Å². The highest BCUT2D eigenvalue weighted by Crippen LogP contribution is 2.32. The molecule has 0 radical (unpaired) electrons. The first-order valence-corrected chi connectivity index (χ1v) is 7.74. The van der Waals surface area contributed by atoms with Gasteiger partial charge in [-0.3, -0.25) is 4.79 Å². The molecule has 1 amide bonds. The first-order valence-electron chi connectivity index (χ1n) is 7.74. The summed E-state index contributed by atoms with van der Waals surface area (Å²) in [6, 6.07) is 6.01. The van der Waals surface area contributed by atoms with Gasteiger partial charge in [0.05, 0.1) is 6.54 Å². The van der Waals surface area contributed by atoms with Gasteiger partial charge < -0.3 is 20.1 Å². The lowest BCUT2D eigenvalue weighted by Crippen LogP contribution is -2.39. The van der Waals surface area contributed by atoms with Gasteiger partial charge in [0.25, 0.3) is 0 Å². The molecule has 5 nitrogen and oxygen atoms in total. The molecule has 1 aliphatic carbocycles. The number of carbonyl (C=O) groups is 1. The Kier molecular flexibility index (Phi) is 4.48. The molecule has 1 aromatic carbocycles. The van der Waals surface area contributed by atoms with Crippen molar-refractivity contribution >= 4 is 11.6 Å². The predicted molar refractivity (Wildman–Crippen MR) is 80.9 cm³/mol. The van der Waals surface area contributed by atoms with Crippen LogP contribution in [0, 0.1) is 0 Å². The lowest BCUT2D eigenvalue weighted by Gasteiger charge is -2.23. The second-order valence-electron chi connectivity index (χ2n) is 5.61. The number of ether oxygens (including phenoxy) is 2. The summed E-state index contributed by atoms with van der Waals surface area (Å²) in [5.41, 5.74) is 0.873. The van der Waals surface area contributed by atoms with E-state index in [-0.39, 0.29) is 12.5 Å². The molecule has 1 aliphatic heterocycles. The average molecular weight is 290 g/mol. The summed E-state index contributed by atoms with van der Waals surface area (Å²) in [5, 5.41) is 6.23. The monoisotopic (exact) mass is 290 g/mol. The molecule has 2 aliphatic rings. The molecule has 5 heteroatoms. The molecule has 0 atom stereocenters. The fraction of sp³-hybridized carbons (Fsp3) is 0.562. The number of hydrogen-bond donors (Lipinski definition) is 2. The van der Waals surface area contributed by atoms with Crippen LogP contribution in [0.1, 0.15) is 32.1 Å². The minimum atomic E-state index is 0.0526. The van der Waals surface area contributed by atoms with Crippen molar-refractivity contribution in [2.75, 3.05) is 25.1 Å². The van der Waals surface area contributed by atoms with Crippen molar-refractivity contribution in [2.24, 2.45) is 0 Å². The van der Waals surface area contributed by atoms with Crippen molar-refractivity contribution in [3.8, 4) is 11.5 Å². The molecule has 0 aromatic heterocycles. The minimum absolute atomic E-state index is 0.0526. The summed E-state index contributed by atoms with van der Waals surface area (Å²) < 4.78 is 11.0. The van der Waals surface area contributed by atoms with Gasteiger partial charge in [-0.25, -0.2) is 0 Å². The minimum Gasteiger partial charge on any atom is -0.486 e. The molecule has 1 fully saturated rings. The van der Waals surface area contributed by atoms with Gasteiger partial charge in [-0.15, -0.1) is 0 Å². The summed E-state index contributed by atoms with van der Waals surface area (Å²) in [4.78, 5) is 11.9. The SMILES string of the molecule is O=C(CNc1ccc2c(c1)OCCO2)NC1CCCCC1. The molecule has 1 saturated carbocycles. The van der Waals surface area contributed by atoms with Crippen LogP contribution in [0.5, 0.6) is 11.5 Å². The number of carbonyl (C=O) groups excluding carboxylic acids is 1. The van der Waals surface area contributed by atoms with E-state index >= 15 is 0 Å². The zero-order valence-corrected chi connectivity index (χ0v) is 12.2. The topological polar surface area (TPSA) is 59.6 Å². The zero-order chi connectivity index (χ0) is 14.5. The van der Waals surface area contributed by atoms with Gasteiger partial charge in [0, 0.05) is 17.8 Å². The van der Waals surface area contributed by atoms with Crippen molar-refractivity contribution in [1.82, 2.24) is 5.32 Å². The van der Waals surface area contributed by atoms with Gasteiger partial charge in [-0.1, -0.05) is 19.3 Å². The Hall–Kier alpha value is -1.91. The summed E-state index contributed by atoms with van der Waals surface area (Å²) in [6.45, 7) is 1.44. The van der Waals surface area contributed by atoms with Crippen molar-refractivity contribution in [3.05, 3.63) is 18.2 Å². The third kappa shape index (κ3) is 3.80. The Morgan fingerprint density at radius 2 is 1.86 bits per heavy atom. The second-order valence-corrected chi connectivity index (χ2v) is 5.61. The maximum atomic E-state index is 11.9. The van der Waals surface area contributed by atoms with Crippen LogP contribution in [-0.4, -0.2) is 31.7 Å². The van der Waals surface area contributed by atoms with Gasteiger partial charge in [0.15, 0.2) is 11.5 Å². The highest BCUT2D eigenvalue weighted by molar-refractivity contribution is 5.81. The van der Waals surface area contributed by atoms with Crippen LogP contribution in [0.2, 0.25) is 0 Å². The fourth-order valence-electron chi connectivity index (χ4n) is 2.86. The lowest BCUT2D eigenvalue weighted by molar-refractivity contribution is -0.120. The van der Waals surface area contributed by atoms with Gasteiger partial charge in [0.2, 0.25) is 5.91 Å². The number of nitrogens with one attached hydrogen (secondary N) is 2. The summed E-state index contributed by atoms with van der Waals surface area (Å²) in [5.74, 6) is 1.55. The lowest BCUT2D eigenvalue weighted by atomic mass is 9.95. The first kappa shape index (κ1) is 14.0. The highest BCUT2D eigenvalue weighted by atomic mass is 16.6. The maximum absolute atomic E-state index is 11.9. The number of rotatable bonds is 4. The Morgan fingerprint density at radius 1 is 1.10 bits per heavy atom. The van der Waals surface area contributed by atoms with E-state index < -0.39 is 0 Å². The first-order chi connectivity index (χ1) is 10.3. The van der Waals surface area contributed by atoms with E-state index in [0.717, 1.165) is 30.0 Å². The third-order valence-corrected chi connectivity index (χ3v) is 3.97. The van der Waals surface area contributed by atoms with Crippen molar-refractivity contribution < 1.29 is 14.3 Å². The fourth-order valence-corrected chi connectivity index (χ4v) is 2.86. The van der Waals surface area contributed by atoms with Crippen LogP contribution in [0.25, 0.3) is 0 Å². The van der Waals surface area contributed by atoms with Crippen LogP contribution in [-0.2, 0) is 4.79 Å². The number of amides is 1. The quantitative estimate of drug-likeness (QED) is 0.893. The molecular formula is C16H22N2O3. The molecule has 0 spiro atoms. The number of anilines is 1. The molecular weight excluding hydrogens is 268 g/mol. The third-order valence-electron chi connectivity index (χ3n) is 3.97. The summed E-state index contributed by atoms with van der Waals surface area (Å²) in [7, 11) is 0. The average Bonchev–Trinajstić information content (AvgIpc) is 2.54. The Morgan fingerprint density at radius 3 is 2.67 bits per heavy atom. The molecule has 0 saturated heterocycles. The Bertz CT molecular complexity index is 498. The highest BCUT2D eigenvalue weighted by Gasteiger charge is 2.16. The van der Waals surface area contributed by atoms with Crippen LogP contribution < -0.4 is 20.1 Å². The van der Waals surface area contributed by atoms with E-state index in [1.54, 1.807) is 0 Å². The zero-order valence-electron chi connectivity index (χ0n) is 12.2. The molecule has 1 heterocycles. The van der Waals surface area contributed by atoms with E-state index in [9.17, 15) is 4.79 Å². The molecule has 0 unspecified atom stereocenters. The molecule has 21 heavy (non-hydrogen) atoms. The van der Waals surface area contributed by atoms with E-state index in [1.165, 1.54) is 19.3 Å². The van der Waals surface area contributed by atoms with Gasteiger partial charge in [-0.2, -0.15) is 0 Å². The van der Waals surface area contributed by atoms with Crippen LogP contribution in [0.3, 0.4) is 0 Å². The van der Waals surface area contributed by atoms with Crippen LogP contribution in [0.15, 0.2) is 18.2 Å². The van der Waals surface area contributed by atoms with E-state index in [4.69, 9.17) is 9.47 Å². The molecule has 1 aromatic rings. The van der Waals surface area contributed by atoms with E-state index in [2.05, 4.69) is 10.6 Å². The van der Waals surface area contributed by atoms with E-state index in [1.807, 2.05) is 18.2 Å². The van der Waals surface area contributed by atoms with Gasteiger partial charge in [-0.05, 0) is 25.0 Å². The maximum Gasteiger partial charge on any atom is 0.239 e. The number of benzene rings is 1. The Labute approximate surface area is 125 Å². The van der Waals surface area contributed by atoms with Crippen LogP contribution >= 0.6 is 0 Å². The number of fused-ring (bicyclic) bond motifs is 1. The largest absolute Gasteiger partial charge is 0.486 e. The standard InChI is InChI=1S/C16H22N2O3/c19-16(18-12-4-2-1-3-5-12)11-17-13-6-7-14-15(10-13)21-9-8-20-14/h6-7,10,12,17H,1-5,8-9,11H2,(H,18,19). The predicted octanol–water partition coefficient (Wildman–Crippen LogP) is 2.32. The second kappa shape index (κ2) is 6.70. The smallest absolute Gasteiger partial charge is 0.239 e. The molecule has 114 valence electrons. The number of hydrogen-bond acceptors (Lipinski definition) is 4. The van der Waals surface area contributed by atoms with Crippen LogP contribution in [0.4, 0.5) is 5.69 Å². The van der Waals surface area contributed by atoms with Gasteiger partial charge in [0.1, 0.15) is 13.2 Å². The molecule has 2 N–H and O–H groups in total. The van der Waals surface area contributed by atoms with Gasteiger partial charge >= 0.3 is 0 Å². The summed E-state index contributed by atoms with van der Waals surface area (Å²) in [6.07, 6.45) is 5.95. The Balaban J connectivity index is 1.49. The normalized spacial score (nSPS) is 18.1. The van der Waals surface area contributed by atoms with Crippen molar-refractivity contribution in [3.63, 3.8) is 0 Å².